The van der Waals surface area contributed by atoms with Crippen molar-refractivity contribution in [3.8, 4) is 0 Å². The summed E-state index contributed by atoms with van der Waals surface area (Å²) in [6.07, 6.45) is 0. The Kier molecular flexibility index (Phi) is 4.35. The molecule has 20 heavy (non-hydrogen) atoms. The third kappa shape index (κ3) is 3.33. The summed E-state index contributed by atoms with van der Waals surface area (Å²) < 4.78 is 0. The number of anilines is 1. The first-order chi connectivity index (χ1) is 9.47. The van der Waals surface area contributed by atoms with Crippen LogP contribution >= 0.6 is 12.2 Å². The minimum Gasteiger partial charge on any atom is -0.389 e. The molecule has 0 spiro atoms. The number of nitrogens with one attached hydrogen (secondary N) is 1. The summed E-state index contributed by atoms with van der Waals surface area (Å²) in [6, 6.07) is 12.3. The molecule has 1 heterocycles. The second-order valence-electron chi connectivity index (χ2n) is 4.97. The molecule has 0 fully saturated rings. The van der Waals surface area contributed by atoms with E-state index >= 15 is 0 Å². The van der Waals surface area contributed by atoms with Crippen molar-refractivity contribution in [1.29, 1.82) is 0 Å². The van der Waals surface area contributed by atoms with E-state index in [0.29, 0.717) is 4.99 Å². The highest BCUT2D eigenvalue weighted by Crippen LogP contribution is 2.21. The summed E-state index contributed by atoms with van der Waals surface area (Å²) in [5, 5.41) is 3.41. The summed E-state index contributed by atoms with van der Waals surface area (Å²) >= 11 is 5.03. The molecular weight excluding hydrogens is 266 g/mol. The maximum absolute atomic E-state index is 5.69. The van der Waals surface area contributed by atoms with E-state index in [1.165, 1.54) is 11.1 Å². The molecule has 0 bridgehead atoms. The molecule has 0 aliphatic heterocycles. The van der Waals surface area contributed by atoms with E-state index in [9.17, 15) is 0 Å². The van der Waals surface area contributed by atoms with Crippen molar-refractivity contribution in [2.75, 3.05) is 5.32 Å². The van der Waals surface area contributed by atoms with Crippen LogP contribution in [0.15, 0.2) is 36.4 Å². The van der Waals surface area contributed by atoms with E-state index in [0.717, 1.165) is 17.1 Å². The fourth-order valence-corrected chi connectivity index (χ4v) is 2.37. The third-order valence-corrected chi connectivity index (χ3v) is 3.49. The Morgan fingerprint density at radius 2 is 1.95 bits per heavy atom. The molecule has 0 aliphatic carbocycles. The lowest BCUT2D eigenvalue weighted by Crippen LogP contribution is -2.13. The summed E-state index contributed by atoms with van der Waals surface area (Å²) in [7, 11) is 0. The van der Waals surface area contributed by atoms with Gasteiger partial charge in [-0.25, -0.2) is 4.98 Å². The van der Waals surface area contributed by atoms with Crippen LogP contribution in [-0.4, -0.2) is 9.97 Å². The number of nitrogens with zero attached hydrogens (tertiary/aromatic N) is 1. The molecule has 4 heteroatoms. The summed E-state index contributed by atoms with van der Waals surface area (Å²) in [4.78, 5) is 4.88. The number of rotatable bonds is 4. The Labute approximate surface area is 125 Å². The van der Waals surface area contributed by atoms with Crippen LogP contribution in [0.4, 0.5) is 5.82 Å². The summed E-state index contributed by atoms with van der Waals surface area (Å²) in [5.74, 6) is 0.795. The third-order valence-electron chi connectivity index (χ3n) is 3.26. The van der Waals surface area contributed by atoms with Gasteiger partial charge in [-0.15, -0.1) is 0 Å². The van der Waals surface area contributed by atoms with Crippen LogP contribution < -0.4 is 11.1 Å². The molecule has 0 amide bonds. The van der Waals surface area contributed by atoms with Gasteiger partial charge in [0.2, 0.25) is 0 Å². The zero-order valence-corrected chi connectivity index (χ0v) is 12.8. The molecule has 0 saturated heterocycles. The number of hydrogen-bond donors (Lipinski definition) is 2. The van der Waals surface area contributed by atoms with Crippen molar-refractivity contribution >= 4 is 23.0 Å². The highest BCUT2D eigenvalue weighted by Gasteiger charge is 2.09. The SMILES string of the molecule is Cc1cc(C(N)=S)cc(NC(C)c2ccccc2C)n1. The Balaban J connectivity index is 2.26. The fraction of sp³-hybridized carbons (Fsp3) is 0.250. The van der Waals surface area contributed by atoms with E-state index in [-0.39, 0.29) is 6.04 Å². The molecule has 1 aromatic carbocycles. The first-order valence-electron chi connectivity index (χ1n) is 6.58. The van der Waals surface area contributed by atoms with Gasteiger partial charge in [0.25, 0.3) is 0 Å². The van der Waals surface area contributed by atoms with E-state index in [4.69, 9.17) is 18.0 Å². The van der Waals surface area contributed by atoms with E-state index in [1.54, 1.807) is 0 Å². The number of benzene rings is 1. The van der Waals surface area contributed by atoms with Gasteiger partial charge in [-0.1, -0.05) is 36.5 Å². The number of pyridine rings is 1. The van der Waals surface area contributed by atoms with Gasteiger partial charge in [-0.3, -0.25) is 0 Å². The van der Waals surface area contributed by atoms with E-state index in [2.05, 4.69) is 36.3 Å². The summed E-state index contributed by atoms with van der Waals surface area (Å²) in [5.41, 5.74) is 9.95. The largest absolute Gasteiger partial charge is 0.389 e. The lowest BCUT2D eigenvalue weighted by Gasteiger charge is -2.18. The number of hydrogen-bond acceptors (Lipinski definition) is 3. The lowest BCUT2D eigenvalue weighted by atomic mass is 10.0. The Bertz CT molecular complexity index is 637. The van der Waals surface area contributed by atoms with Crippen molar-refractivity contribution in [2.24, 2.45) is 5.73 Å². The quantitative estimate of drug-likeness (QED) is 0.844. The summed E-state index contributed by atoms with van der Waals surface area (Å²) in [6.45, 7) is 6.16. The van der Waals surface area contributed by atoms with Crippen LogP contribution in [0.2, 0.25) is 0 Å². The van der Waals surface area contributed by atoms with Gasteiger partial charge in [0.1, 0.15) is 10.8 Å². The van der Waals surface area contributed by atoms with Crippen molar-refractivity contribution < 1.29 is 0 Å². The van der Waals surface area contributed by atoms with Crippen LogP contribution in [0.3, 0.4) is 0 Å². The minimum atomic E-state index is 0.171. The molecule has 0 aliphatic rings. The first kappa shape index (κ1) is 14.5. The monoisotopic (exact) mass is 285 g/mol. The Morgan fingerprint density at radius 3 is 2.60 bits per heavy atom. The van der Waals surface area contributed by atoms with Crippen LogP contribution in [0, 0.1) is 13.8 Å². The Hall–Kier alpha value is -1.94. The predicted octanol–water partition coefficient (Wildman–Crippen LogP) is 3.51. The smallest absolute Gasteiger partial charge is 0.127 e. The fourth-order valence-electron chi connectivity index (χ4n) is 2.26. The van der Waals surface area contributed by atoms with Crippen molar-refractivity contribution in [3.05, 3.63) is 58.8 Å². The first-order valence-corrected chi connectivity index (χ1v) is 6.99. The van der Waals surface area contributed by atoms with Crippen molar-refractivity contribution in [2.45, 2.75) is 26.8 Å². The number of thiocarbonyl (C=S) groups is 1. The van der Waals surface area contributed by atoms with Crippen LogP contribution in [-0.2, 0) is 0 Å². The topological polar surface area (TPSA) is 50.9 Å². The maximum Gasteiger partial charge on any atom is 0.127 e. The number of nitrogens with two attached hydrogens (primary N) is 1. The van der Waals surface area contributed by atoms with Gasteiger partial charge in [-0.05, 0) is 44.0 Å². The van der Waals surface area contributed by atoms with E-state index < -0.39 is 0 Å². The highest BCUT2D eigenvalue weighted by atomic mass is 32.1. The predicted molar refractivity (Wildman–Crippen MR) is 88.1 cm³/mol. The zero-order valence-electron chi connectivity index (χ0n) is 12.0. The lowest BCUT2D eigenvalue weighted by molar-refractivity contribution is 0.863. The van der Waals surface area contributed by atoms with Gasteiger partial charge < -0.3 is 11.1 Å². The number of aryl methyl sites for hydroxylation is 2. The minimum absolute atomic E-state index is 0.171. The normalized spacial score (nSPS) is 11.9. The second-order valence-corrected chi connectivity index (χ2v) is 5.41. The van der Waals surface area contributed by atoms with Crippen molar-refractivity contribution in [3.63, 3.8) is 0 Å². The van der Waals surface area contributed by atoms with Crippen molar-refractivity contribution in [1.82, 2.24) is 4.98 Å². The average molecular weight is 285 g/mol. The van der Waals surface area contributed by atoms with Crippen LogP contribution in [0.5, 0.6) is 0 Å². The second kappa shape index (κ2) is 6.01. The van der Waals surface area contributed by atoms with Gasteiger partial charge in [0, 0.05) is 11.3 Å². The molecule has 2 rings (SSSR count). The molecule has 104 valence electrons. The van der Waals surface area contributed by atoms with E-state index in [1.807, 2.05) is 31.2 Å². The Morgan fingerprint density at radius 1 is 1.25 bits per heavy atom. The maximum atomic E-state index is 5.69. The highest BCUT2D eigenvalue weighted by molar-refractivity contribution is 7.80. The standard InChI is InChI=1S/C16H19N3S/c1-10-6-4-5-7-14(10)12(3)19-15-9-13(16(17)20)8-11(2)18-15/h4-9,12H,1-3H3,(H2,17,20)(H,18,19). The number of aromatic nitrogens is 1. The van der Waals surface area contributed by atoms with Gasteiger partial charge >= 0.3 is 0 Å². The molecule has 0 radical (unpaired) electrons. The molecule has 3 N–H and O–H groups in total. The van der Waals surface area contributed by atoms with Gasteiger partial charge in [0.15, 0.2) is 0 Å². The average Bonchev–Trinajstić information content (AvgIpc) is 2.38. The molecule has 1 atom stereocenters. The van der Waals surface area contributed by atoms with Gasteiger partial charge in [-0.2, -0.15) is 0 Å². The molecule has 3 nitrogen and oxygen atoms in total. The zero-order chi connectivity index (χ0) is 14.7. The molecule has 1 aromatic heterocycles. The molecule has 2 aromatic rings. The molecular formula is C16H19N3S. The van der Waals surface area contributed by atoms with Crippen LogP contribution in [0.1, 0.15) is 35.3 Å². The van der Waals surface area contributed by atoms with Gasteiger partial charge in [0.05, 0.1) is 6.04 Å². The molecule has 0 saturated carbocycles. The molecule has 1 unspecified atom stereocenters. The van der Waals surface area contributed by atoms with Crippen LogP contribution in [0.25, 0.3) is 0 Å².